The summed E-state index contributed by atoms with van der Waals surface area (Å²) in [4.78, 5) is 0. The van der Waals surface area contributed by atoms with Crippen LogP contribution in [0.15, 0.2) is 12.4 Å². The zero-order valence-corrected chi connectivity index (χ0v) is 9.01. The van der Waals surface area contributed by atoms with E-state index in [1.807, 2.05) is 13.2 Å². The molecule has 0 aromatic carbocycles. The van der Waals surface area contributed by atoms with Crippen LogP contribution < -0.4 is 11.3 Å². The van der Waals surface area contributed by atoms with Crippen LogP contribution in [0.4, 0.5) is 0 Å². The highest BCUT2D eigenvalue weighted by Gasteiger charge is 1.90. The van der Waals surface area contributed by atoms with Gasteiger partial charge in [0, 0.05) is 25.4 Å². The van der Waals surface area contributed by atoms with Gasteiger partial charge in [-0.3, -0.25) is 16.0 Å². The molecule has 1 aromatic heterocycles. The highest BCUT2D eigenvalue weighted by molar-refractivity contribution is 5.86. The Balaban J connectivity index is -0.000000270. The Bertz CT molecular complexity index is 191. The van der Waals surface area contributed by atoms with E-state index in [1.165, 1.54) is 0 Å². The van der Waals surface area contributed by atoms with Crippen molar-refractivity contribution in [3.05, 3.63) is 18.0 Å². The fourth-order valence-corrected chi connectivity index (χ4v) is 0.681. The van der Waals surface area contributed by atoms with E-state index in [1.54, 1.807) is 10.9 Å². The number of nitrogens with one attached hydrogen (secondary N) is 1. The van der Waals surface area contributed by atoms with Gasteiger partial charge in [0.05, 0.1) is 6.20 Å². The maximum absolute atomic E-state index is 5.08. The van der Waals surface area contributed by atoms with Crippen LogP contribution in [-0.4, -0.2) is 9.78 Å². The summed E-state index contributed by atoms with van der Waals surface area (Å²) in [6.07, 6.45) is 3.69. The lowest BCUT2D eigenvalue weighted by Gasteiger charge is -1.89. The standard InChI is InChI=1S/C5H10N4.3ClH/c1-9-4-5(2-7-6)3-8-9;;;/h3-4,7H,2,6H2,1H3;3*1H. The van der Waals surface area contributed by atoms with Gasteiger partial charge in [0.2, 0.25) is 0 Å². The molecule has 3 N–H and O–H groups in total. The molecule has 0 spiro atoms. The number of halogens is 3. The third-order valence-electron chi connectivity index (χ3n) is 1.06. The van der Waals surface area contributed by atoms with Crippen molar-refractivity contribution >= 4 is 37.2 Å². The first-order chi connectivity index (χ1) is 4.33. The predicted octanol–water partition coefficient (Wildman–Crippen LogP) is 0.649. The van der Waals surface area contributed by atoms with Crippen molar-refractivity contribution < 1.29 is 0 Å². The number of hydrazine groups is 1. The summed E-state index contributed by atoms with van der Waals surface area (Å²) in [6, 6.07) is 0. The van der Waals surface area contributed by atoms with Gasteiger partial charge in [-0.1, -0.05) is 0 Å². The Labute approximate surface area is 90.1 Å². The molecule has 4 nitrogen and oxygen atoms in total. The Morgan fingerprint density at radius 1 is 1.50 bits per heavy atom. The molecule has 0 aliphatic rings. The van der Waals surface area contributed by atoms with E-state index in [0.29, 0.717) is 6.54 Å². The molecule has 0 atom stereocenters. The number of nitrogens with zero attached hydrogens (tertiary/aromatic N) is 2. The molecule has 1 heterocycles. The first kappa shape index (κ1) is 17.9. The molecular weight excluding hydrogens is 222 g/mol. The highest BCUT2D eigenvalue weighted by atomic mass is 35.5. The van der Waals surface area contributed by atoms with Gasteiger partial charge in [0.25, 0.3) is 0 Å². The van der Waals surface area contributed by atoms with Crippen molar-refractivity contribution in [2.24, 2.45) is 12.9 Å². The van der Waals surface area contributed by atoms with Crippen LogP contribution in [0, 0.1) is 0 Å². The summed E-state index contributed by atoms with van der Waals surface area (Å²) in [5.74, 6) is 5.08. The van der Waals surface area contributed by atoms with Gasteiger partial charge in [-0.15, -0.1) is 37.2 Å². The number of nitrogens with two attached hydrogens (primary N) is 1. The minimum atomic E-state index is 0. The van der Waals surface area contributed by atoms with Crippen LogP contribution in [0.25, 0.3) is 0 Å². The van der Waals surface area contributed by atoms with Gasteiger partial charge in [-0.2, -0.15) is 5.10 Å². The lowest BCUT2D eigenvalue weighted by atomic mass is 10.4. The number of aromatic nitrogens is 2. The molecule has 0 amide bonds. The van der Waals surface area contributed by atoms with Crippen LogP contribution in [-0.2, 0) is 13.6 Å². The van der Waals surface area contributed by atoms with Crippen LogP contribution in [0.5, 0.6) is 0 Å². The van der Waals surface area contributed by atoms with E-state index in [4.69, 9.17) is 5.84 Å². The molecule has 7 heteroatoms. The van der Waals surface area contributed by atoms with Gasteiger partial charge in [-0.25, -0.2) is 0 Å². The van der Waals surface area contributed by atoms with E-state index in [9.17, 15) is 0 Å². The fourth-order valence-electron chi connectivity index (χ4n) is 0.681. The summed E-state index contributed by atoms with van der Waals surface area (Å²) >= 11 is 0. The van der Waals surface area contributed by atoms with Crippen molar-refractivity contribution in [1.29, 1.82) is 0 Å². The maximum atomic E-state index is 5.08. The second kappa shape index (κ2) is 9.09. The summed E-state index contributed by atoms with van der Waals surface area (Å²) in [5, 5.41) is 3.96. The average molecular weight is 236 g/mol. The second-order valence-corrected chi connectivity index (χ2v) is 1.90. The normalized spacial score (nSPS) is 7.50. The van der Waals surface area contributed by atoms with Gasteiger partial charge in [-0.05, 0) is 0 Å². The molecule has 74 valence electrons. The second-order valence-electron chi connectivity index (χ2n) is 1.90. The Morgan fingerprint density at radius 2 is 2.08 bits per heavy atom. The number of rotatable bonds is 2. The molecule has 12 heavy (non-hydrogen) atoms. The van der Waals surface area contributed by atoms with Crippen LogP contribution in [0.1, 0.15) is 5.56 Å². The Kier molecular flexibility index (Phi) is 13.6. The minimum Gasteiger partial charge on any atom is -0.275 e. The van der Waals surface area contributed by atoms with Gasteiger partial charge in [0.1, 0.15) is 0 Å². The SMILES string of the molecule is Cl.Cl.Cl.Cn1cc(CNN)cn1. The molecule has 0 saturated carbocycles. The minimum absolute atomic E-state index is 0. The third-order valence-corrected chi connectivity index (χ3v) is 1.06. The predicted molar refractivity (Wildman–Crippen MR) is 56.0 cm³/mol. The number of aryl methyl sites for hydroxylation is 1. The average Bonchev–Trinajstić information content (AvgIpc) is 2.17. The largest absolute Gasteiger partial charge is 0.275 e. The van der Waals surface area contributed by atoms with Crippen molar-refractivity contribution in [2.75, 3.05) is 0 Å². The van der Waals surface area contributed by atoms with E-state index in [0.717, 1.165) is 5.56 Å². The summed E-state index contributed by atoms with van der Waals surface area (Å²) in [7, 11) is 1.88. The molecule has 0 aliphatic heterocycles. The molecule has 0 radical (unpaired) electrons. The van der Waals surface area contributed by atoms with E-state index >= 15 is 0 Å². The maximum Gasteiger partial charge on any atom is 0.0535 e. The van der Waals surface area contributed by atoms with E-state index in [-0.39, 0.29) is 37.2 Å². The summed E-state index contributed by atoms with van der Waals surface area (Å²) in [6.45, 7) is 0.674. The summed E-state index contributed by atoms with van der Waals surface area (Å²) in [5.41, 5.74) is 3.64. The molecule has 0 bridgehead atoms. The molecule has 0 aliphatic carbocycles. The topological polar surface area (TPSA) is 55.9 Å². The van der Waals surface area contributed by atoms with Crippen molar-refractivity contribution in [3.63, 3.8) is 0 Å². The van der Waals surface area contributed by atoms with Gasteiger partial charge >= 0.3 is 0 Å². The molecular formula is C5H13Cl3N4. The number of hydrogen-bond donors (Lipinski definition) is 2. The van der Waals surface area contributed by atoms with Gasteiger partial charge in [0.15, 0.2) is 0 Å². The molecule has 1 rings (SSSR count). The monoisotopic (exact) mass is 234 g/mol. The van der Waals surface area contributed by atoms with Crippen LogP contribution in [0.2, 0.25) is 0 Å². The van der Waals surface area contributed by atoms with Crippen molar-refractivity contribution in [3.8, 4) is 0 Å². The van der Waals surface area contributed by atoms with Crippen molar-refractivity contribution in [1.82, 2.24) is 15.2 Å². The lowest BCUT2D eigenvalue weighted by Crippen LogP contribution is -2.20. The highest BCUT2D eigenvalue weighted by Crippen LogP contribution is 1.92. The van der Waals surface area contributed by atoms with Crippen molar-refractivity contribution in [2.45, 2.75) is 6.54 Å². The Hall–Kier alpha value is -0.0000000000000000555. The smallest absolute Gasteiger partial charge is 0.0535 e. The molecule has 1 aromatic rings. The summed E-state index contributed by atoms with van der Waals surface area (Å²) < 4.78 is 1.74. The first-order valence-corrected chi connectivity index (χ1v) is 2.74. The van der Waals surface area contributed by atoms with Gasteiger partial charge < -0.3 is 0 Å². The van der Waals surface area contributed by atoms with E-state index in [2.05, 4.69) is 10.5 Å². The zero-order chi connectivity index (χ0) is 6.69. The first-order valence-electron chi connectivity index (χ1n) is 2.74. The third kappa shape index (κ3) is 5.62. The lowest BCUT2D eigenvalue weighted by molar-refractivity contribution is 0.736. The zero-order valence-electron chi connectivity index (χ0n) is 6.56. The quantitative estimate of drug-likeness (QED) is 0.585. The van der Waals surface area contributed by atoms with Crippen LogP contribution in [0.3, 0.4) is 0 Å². The fraction of sp³-hybridized carbons (Fsp3) is 0.400. The van der Waals surface area contributed by atoms with Crippen LogP contribution >= 0.6 is 37.2 Å². The number of hydrogen-bond acceptors (Lipinski definition) is 3. The molecule has 0 fully saturated rings. The molecule has 0 unspecified atom stereocenters. The molecule has 0 saturated heterocycles. The Morgan fingerprint density at radius 3 is 2.42 bits per heavy atom. The van der Waals surface area contributed by atoms with E-state index < -0.39 is 0 Å².